The molecule has 0 spiro atoms. The van der Waals surface area contributed by atoms with Crippen LogP contribution in [0.4, 0.5) is 0 Å². The molecule has 1 rings (SSSR count). The minimum Gasteiger partial charge on any atom is -0.382 e. The van der Waals surface area contributed by atoms with Crippen LogP contribution in [0.3, 0.4) is 0 Å². The number of pyridine rings is 1. The molecule has 0 radical (unpaired) electrons. The summed E-state index contributed by atoms with van der Waals surface area (Å²) >= 11 is 0. The van der Waals surface area contributed by atoms with Crippen molar-refractivity contribution in [2.75, 3.05) is 33.4 Å². The molecule has 1 atom stereocenters. The SMILES string of the molecule is COCC(CNCC(C)C)OCCc1ccccn1. The van der Waals surface area contributed by atoms with E-state index in [-0.39, 0.29) is 6.10 Å². The van der Waals surface area contributed by atoms with Crippen molar-refractivity contribution in [3.8, 4) is 0 Å². The molecule has 1 aromatic rings. The van der Waals surface area contributed by atoms with E-state index in [0.29, 0.717) is 19.1 Å². The summed E-state index contributed by atoms with van der Waals surface area (Å²) in [5.41, 5.74) is 1.06. The lowest BCUT2D eigenvalue weighted by Crippen LogP contribution is -2.34. The molecular formula is C15H26N2O2. The van der Waals surface area contributed by atoms with Crippen molar-refractivity contribution in [1.29, 1.82) is 0 Å². The Morgan fingerprint density at radius 2 is 2.11 bits per heavy atom. The third kappa shape index (κ3) is 7.93. The summed E-state index contributed by atoms with van der Waals surface area (Å²) in [4.78, 5) is 4.28. The van der Waals surface area contributed by atoms with Crippen molar-refractivity contribution < 1.29 is 9.47 Å². The van der Waals surface area contributed by atoms with Gasteiger partial charge in [0.15, 0.2) is 0 Å². The van der Waals surface area contributed by atoms with Gasteiger partial charge in [-0.2, -0.15) is 0 Å². The number of rotatable bonds is 10. The Balaban J connectivity index is 2.21. The van der Waals surface area contributed by atoms with Crippen LogP contribution in [0.2, 0.25) is 0 Å². The zero-order valence-corrected chi connectivity index (χ0v) is 12.3. The Hall–Kier alpha value is -0.970. The number of hydrogen-bond acceptors (Lipinski definition) is 4. The van der Waals surface area contributed by atoms with Crippen molar-refractivity contribution >= 4 is 0 Å². The lowest BCUT2D eigenvalue weighted by molar-refractivity contribution is -0.0000405. The summed E-state index contributed by atoms with van der Waals surface area (Å²) in [7, 11) is 1.71. The van der Waals surface area contributed by atoms with Gasteiger partial charge in [-0.1, -0.05) is 19.9 Å². The molecule has 19 heavy (non-hydrogen) atoms. The fraction of sp³-hybridized carbons (Fsp3) is 0.667. The Morgan fingerprint density at radius 3 is 2.74 bits per heavy atom. The summed E-state index contributed by atoms with van der Waals surface area (Å²) in [6.45, 7) is 7.51. The van der Waals surface area contributed by atoms with Gasteiger partial charge in [0.1, 0.15) is 0 Å². The average Bonchev–Trinajstić information content (AvgIpc) is 2.39. The van der Waals surface area contributed by atoms with Gasteiger partial charge >= 0.3 is 0 Å². The minimum absolute atomic E-state index is 0.104. The molecule has 4 nitrogen and oxygen atoms in total. The molecule has 0 saturated heterocycles. The number of methoxy groups -OCH3 is 1. The third-order valence-electron chi connectivity index (χ3n) is 2.72. The monoisotopic (exact) mass is 266 g/mol. The Bertz CT molecular complexity index is 317. The number of aromatic nitrogens is 1. The van der Waals surface area contributed by atoms with E-state index in [4.69, 9.17) is 9.47 Å². The lowest BCUT2D eigenvalue weighted by Gasteiger charge is -2.18. The molecule has 0 bridgehead atoms. The van der Waals surface area contributed by atoms with Crippen LogP contribution in [0.15, 0.2) is 24.4 Å². The van der Waals surface area contributed by atoms with Crippen LogP contribution < -0.4 is 5.32 Å². The van der Waals surface area contributed by atoms with Crippen molar-refractivity contribution in [3.05, 3.63) is 30.1 Å². The maximum Gasteiger partial charge on any atom is 0.0932 e. The highest BCUT2D eigenvalue weighted by Crippen LogP contribution is 1.99. The maximum absolute atomic E-state index is 5.84. The highest BCUT2D eigenvalue weighted by atomic mass is 16.5. The molecule has 108 valence electrons. The first-order chi connectivity index (χ1) is 9.22. The summed E-state index contributed by atoms with van der Waals surface area (Å²) in [6.07, 6.45) is 2.75. The summed E-state index contributed by atoms with van der Waals surface area (Å²) in [5.74, 6) is 0.650. The summed E-state index contributed by atoms with van der Waals surface area (Å²) < 4.78 is 11.0. The molecule has 1 N–H and O–H groups in total. The Labute approximate surface area is 116 Å². The van der Waals surface area contributed by atoms with E-state index >= 15 is 0 Å². The van der Waals surface area contributed by atoms with Gasteiger partial charge < -0.3 is 14.8 Å². The van der Waals surface area contributed by atoms with E-state index in [9.17, 15) is 0 Å². The predicted octanol–water partition coefficient (Wildman–Crippen LogP) is 1.90. The van der Waals surface area contributed by atoms with Crippen LogP contribution >= 0.6 is 0 Å². The molecule has 1 unspecified atom stereocenters. The van der Waals surface area contributed by atoms with Crippen molar-refractivity contribution in [1.82, 2.24) is 10.3 Å². The smallest absolute Gasteiger partial charge is 0.0932 e. The van der Waals surface area contributed by atoms with Gasteiger partial charge in [-0.25, -0.2) is 0 Å². The van der Waals surface area contributed by atoms with Gasteiger partial charge in [-0.05, 0) is 24.6 Å². The minimum atomic E-state index is 0.104. The van der Waals surface area contributed by atoms with E-state index in [1.807, 2.05) is 24.4 Å². The third-order valence-corrected chi connectivity index (χ3v) is 2.72. The van der Waals surface area contributed by atoms with Crippen LogP contribution in [0.25, 0.3) is 0 Å². The molecule has 1 aromatic heterocycles. The van der Waals surface area contributed by atoms with E-state index in [1.165, 1.54) is 0 Å². The molecular weight excluding hydrogens is 240 g/mol. The van der Waals surface area contributed by atoms with Gasteiger partial charge in [-0.3, -0.25) is 4.98 Å². The van der Waals surface area contributed by atoms with Crippen molar-refractivity contribution in [2.24, 2.45) is 5.92 Å². The van der Waals surface area contributed by atoms with Gasteiger partial charge in [0, 0.05) is 32.0 Å². The fourth-order valence-corrected chi connectivity index (χ4v) is 1.76. The second-order valence-corrected chi connectivity index (χ2v) is 5.07. The molecule has 0 aliphatic heterocycles. The first-order valence-corrected chi connectivity index (χ1v) is 6.93. The van der Waals surface area contributed by atoms with Gasteiger partial charge in [0.05, 0.1) is 19.3 Å². The van der Waals surface area contributed by atoms with Crippen LogP contribution in [0.1, 0.15) is 19.5 Å². The zero-order valence-electron chi connectivity index (χ0n) is 12.3. The second kappa shape index (κ2) is 9.89. The fourth-order valence-electron chi connectivity index (χ4n) is 1.76. The number of nitrogens with zero attached hydrogens (tertiary/aromatic N) is 1. The molecule has 0 saturated carbocycles. The van der Waals surface area contributed by atoms with Crippen molar-refractivity contribution in [3.63, 3.8) is 0 Å². The molecule has 0 aromatic carbocycles. The summed E-state index contributed by atoms with van der Waals surface area (Å²) in [5, 5.41) is 3.40. The van der Waals surface area contributed by atoms with Crippen LogP contribution in [0.5, 0.6) is 0 Å². The second-order valence-electron chi connectivity index (χ2n) is 5.07. The first-order valence-electron chi connectivity index (χ1n) is 6.93. The molecule has 0 aliphatic carbocycles. The molecule has 0 aliphatic rings. The lowest BCUT2D eigenvalue weighted by atomic mass is 10.2. The van der Waals surface area contributed by atoms with E-state index in [2.05, 4.69) is 24.1 Å². The number of nitrogens with one attached hydrogen (secondary N) is 1. The van der Waals surface area contributed by atoms with Crippen LogP contribution in [0, 0.1) is 5.92 Å². The molecule has 4 heteroatoms. The standard InChI is InChI=1S/C15H26N2O2/c1-13(2)10-16-11-15(12-18-3)19-9-7-14-6-4-5-8-17-14/h4-6,8,13,15-16H,7,9-12H2,1-3H3. The molecule has 0 amide bonds. The van der Waals surface area contributed by atoms with Gasteiger partial charge in [0.2, 0.25) is 0 Å². The highest BCUT2D eigenvalue weighted by molar-refractivity contribution is 5.03. The maximum atomic E-state index is 5.84. The molecule has 0 fully saturated rings. The zero-order chi connectivity index (χ0) is 13.9. The Morgan fingerprint density at radius 1 is 1.26 bits per heavy atom. The van der Waals surface area contributed by atoms with Crippen molar-refractivity contribution in [2.45, 2.75) is 26.4 Å². The predicted molar refractivity (Wildman–Crippen MR) is 77.3 cm³/mol. The topological polar surface area (TPSA) is 43.4 Å². The summed E-state index contributed by atoms with van der Waals surface area (Å²) in [6, 6.07) is 5.94. The molecule has 1 heterocycles. The quantitative estimate of drug-likeness (QED) is 0.702. The average molecular weight is 266 g/mol. The van der Waals surface area contributed by atoms with E-state index < -0.39 is 0 Å². The largest absolute Gasteiger partial charge is 0.382 e. The van der Waals surface area contributed by atoms with Gasteiger partial charge in [-0.15, -0.1) is 0 Å². The number of hydrogen-bond donors (Lipinski definition) is 1. The van der Waals surface area contributed by atoms with E-state index in [1.54, 1.807) is 7.11 Å². The normalized spacial score (nSPS) is 12.8. The first kappa shape index (κ1) is 16.1. The van der Waals surface area contributed by atoms with Crippen LogP contribution in [-0.4, -0.2) is 44.5 Å². The number of ether oxygens (including phenoxy) is 2. The highest BCUT2D eigenvalue weighted by Gasteiger charge is 2.09. The van der Waals surface area contributed by atoms with E-state index in [0.717, 1.165) is 25.2 Å². The Kier molecular flexibility index (Phi) is 8.38. The van der Waals surface area contributed by atoms with Crippen LogP contribution in [-0.2, 0) is 15.9 Å². The van der Waals surface area contributed by atoms with Gasteiger partial charge in [0.25, 0.3) is 0 Å².